The Kier molecular flexibility index (Phi) is 9.98. The van der Waals surface area contributed by atoms with E-state index < -0.39 is 24.3 Å². The number of carboxylic acids is 2. The minimum absolute atomic E-state index is 0.181. The molecule has 4 heterocycles. The summed E-state index contributed by atoms with van der Waals surface area (Å²) in [6.07, 6.45) is -3.39. The number of likely N-dealkylation sites (tertiary alicyclic amines) is 1. The number of hydrogen-bond donors (Lipinski definition) is 2. The van der Waals surface area contributed by atoms with E-state index in [1.807, 2.05) is 29.2 Å². The number of fused-ring (bicyclic) bond motifs is 1. The van der Waals surface area contributed by atoms with Gasteiger partial charge in [-0.05, 0) is 24.6 Å². The molecule has 0 aromatic carbocycles. The smallest absolute Gasteiger partial charge is 0.481 e. The number of pyridine rings is 2. The summed E-state index contributed by atoms with van der Waals surface area (Å²) in [4.78, 5) is 43.1. The van der Waals surface area contributed by atoms with Crippen molar-refractivity contribution < 1.29 is 55.7 Å². The van der Waals surface area contributed by atoms with Gasteiger partial charge in [0.2, 0.25) is 11.8 Å². The van der Waals surface area contributed by atoms with Gasteiger partial charge in [-0.1, -0.05) is 6.07 Å². The van der Waals surface area contributed by atoms with Gasteiger partial charge in [-0.15, -0.1) is 0 Å². The number of aromatic nitrogens is 2. The number of amides is 1. The first-order valence-electron chi connectivity index (χ1n) is 10.7. The Bertz CT molecular complexity index is 1090. The van der Waals surface area contributed by atoms with Crippen molar-refractivity contribution in [1.82, 2.24) is 14.9 Å². The molecule has 2 saturated heterocycles. The number of carbonyl (C=O) groups excluding carboxylic acids is 1. The van der Waals surface area contributed by atoms with Crippen LogP contribution in [0, 0.1) is 0 Å². The van der Waals surface area contributed by atoms with Gasteiger partial charge in [0.15, 0.2) is 0 Å². The lowest BCUT2D eigenvalue weighted by molar-refractivity contribution is -0.193. The molecule has 2 N–H and O–H groups in total. The van der Waals surface area contributed by atoms with Crippen LogP contribution in [0.15, 0.2) is 42.9 Å². The largest absolute Gasteiger partial charge is 0.490 e. The molecule has 2 fully saturated rings. The molecular weight excluding hydrogens is 530 g/mol. The van der Waals surface area contributed by atoms with Crippen LogP contribution in [-0.4, -0.2) is 81.0 Å². The maximum absolute atomic E-state index is 12.5. The van der Waals surface area contributed by atoms with Crippen LogP contribution >= 0.6 is 0 Å². The molecule has 0 aliphatic carbocycles. The Morgan fingerprint density at radius 3 is 2.11 bits per heavy atom. The molecule has 2 atom stereocenters. The highest BCUT2D eigenvalue weighted by molar-refractivity contribution is 5.97. The molecule has 2 aromatic rings. The van der Waals surface area contributed by atoms with Crippen LogP contribution in [0.25, 0.3) is 0 Å². The zero-order chi connectivity index (χ0) is 28.7. The topological polar surface area (TPSA) is 133 Å². The Balaban J connectivity index is 0.000000301. The second-order valence-electron chi connectivity index (χ2n) is 7.85. The Labute approximate surface area is 211 Å². The number of nitrogens with zero attached hydrogens (tertiary/aromatic N) is 4. The van der Waals surface area contributed by atoms with Crippen LogP contribution in [0.3, 0.4) is 0 Å². The van der Waals surface area contributed by atoms with E-state index in [1.54, 1.807) is 25.7 Å². The van der Waals surface area contributed by atoms with Crippen molar-refractivity contribution in [1.29, 1.82) is 0 Å². The molecule has 16 heteroatoms. The molecule has 0 saturated carbocycles. The number of ether oxygens (including phenoxy) is 1. The third-order valence-electron chi connectivity index (χ3n) is 5.44. The van der Waals surface area contributed by atoms with Crippen molar-refractivity contribution in [3.8, 4) is 5.88 Å². The predicted molar refractivity (Wildman–Crippen MR) is 117 cm³/mol. The van der Waals surface area contributed by atoms with E-state index in [2.05, 4.69) is 14.9 Å². The van der Waals surface area contributed by atoms with Crippen LogP contribution < -0.4 is 9.64 Å². The van der Waals surface area contributed by atoms with Gasteiger partial charge in [0.1, 0.15) is 0 Å². The molecule has 0 radical (unpaired) electrons. The number of halogens is 6. The number of carbonyl (C=O) groups is 3. The standard InChI is InChI=1S/C18H20N4O2.2C2HF3O2/c1-24-18-13(4-2-8-20-18)12-21-9-6-15-16(21)10-17(23)22(15)14-5-3-7-19-11-14;2*3-2(4,5)1(6)7/h2-5,7-8,11,15-16H,6,9-10,12H2,1H3;2*(H,6,7)/t15-,16+;;/m1../s1. The van der Waals surface area contributed by atoms with Gasteiger partial charge >= 0.3 is 24.3 Å². The van der Waals surface area contributed by atoms with Crippen molar-refractivity contribution in [2.75, 3.05) is 18.6 Å². The maximum Gasteiger partial charge on any atom is 0.490 e. The van der Waals surface area contributed by atoms with E-state index in [9.17, 15) is 31.1 Å². The summed E-state index contributed by atoms with van der Waals surface area (Å²) in [6, 6.07) is 8.26. The summed E-state index contributed by atoms with van der Waals surface area (Å²) in [7, 11) is 1.64. The average Bonchev–Trinajstić information content (AvgIpc) is 3.37. The highest BCUT2D eigenvalue weighted by atomic mass is 19.4. The lowest BCUT2D eigenvalue weighted by Crippen LogP contribution is -2.37. The molecule has 2 aliphatic heterocycles. The zero-order valence-electron chi connectivity index (χ0n) is 19.6. The number of hydrogen-bond acceptors (Lipinski definition) is 7. The van der Waals surface area contributed by atoms with Crippen molar-refractivity contribution in [3.63, 3.8) is 0 Å². The Hall–Kier alpha value is -3.95. The van der Waals surface area contributed by atoms with E-state index in [-0.39, 0.29) is 18.0 Å². The third-order valence-corrected chi connectivity index (χ3v) is 5.44. The maximum atomic E-state index is 12.5. The highest BCUT2D eigenvalue weighted by Crippen LogP contribution is 2.36. The molecule has 0 spiro atoms. The molecule has 2 aliphatic rings. The molecule has 10 nitrogen and oxygen atoms in total. The van der Waals surface area contributed by atoms with Crippen molar-refractivity contribution in [2.24, 2.45) is 0 Å². The van der Waals surface area contributed by atoms with E-state index in [4.69, 9.17) is 24.5 Å². The molecule has 38 heavy (non-hydrogen) atoms. The lowest BCUT2D eigenvalue weighted by atomic mass is 10.1. The van der Waals surface area contributed by atoms with Crippen LogP contribution in [0.1, 0.15) is 18.4 Å². The number of alkyl halides is 6. The number of aliphatic carboxylic acids is 2. The number of carboxylic acid groups (broad SMARTS) is 2. The monoisotopic (exact) mass is 552 g/mol. The zero-order valence-corrected chi connectivity index (χ0v) is 19.6. The Morgan fingerprint density at radius 1 is 1.03 bits per heavy atom. The van der Waals surface area contributed by atoms with Crippen LogP contribution in [0.5, 0.6) is 5.88 Å². The average molecular weight is 552 g/mol. The summed E-state index contributed by atoms with van der Waals surface area (Å²) in [5, 5.41) is 14.2. The Morgan fingerprint density at radius 2 is 1.61 bits per heavy atom. The summed E-state index contributed by atoms with van der Waals surface area (Å²) in [6.45, 7) is 1.73. The first-order chi connectivity index (χ1) is 17.7. The van der Waals surface area contributed by atoms with Crippen LogP contribution in [0.2, 0.25) is 0 Å². The minimum atomic E-state index is -5.08. The minimum Gasteiger partial charge on any atom is -0.481 e. The lowest BCUT2D eigenvalue weighted by Gasteiger charge is -2.25. The fourth-order valence-electron chi connectivity index (χ4n) is 3.90. The van der Waals surface area contributed by atoms with E-state index in [0.717, 1.165) is 30.8 Å². The SMILES string of the molecule is COc1ncccc1CN1CC[C@@H]2[C@@H]1CC(=O)N2c1cccnc1.O=C(O)C(F)(F)F.O=C(O)C(F)(F)F. The number of anilines is 1. The van der Waals surface area contributed by atoms with E-state index in [1.165, 1.54) is 0 Å². The van der Waals surface area contributed by atoms with Crippen molar-refractivity contribution in [2.45, 2.75) is 43.8 Å². The fraction of sp³-hybridized carbons (Fsp3) is 0.409. The third kappa shape index (κ3) is 8.03. The van der Waals surface area contributed by atoms with Gasteiger partial charge in [0, 0.05) is 43.5 Å². The fourth-order valence-corrected chi connectivity index (χ4v) is 3.90. The van der Waals surface area contributed by atoms with Gasteiger partial charge in [-0.3, -0.25) is 14.7 Å². The molecular formula is C22H22F6N4O6. The van der Waals surface area contributed by atoms with Crippen LogP contribution in [-0.2, 0) is 20.9 Å². The summed E-state index contributed by atoms with van der Waals surface area (Å²) in [5.74, 6) is -4.67. The molecule has 0 bridgehead atoms. The number of rotatable bonds is 4. The predicted octanol–water partition coefficient (Wildman–Crippen LogP) is 3.13. The first-order valence-corrected chi connectivity index (χ1v) is 10.7. The summed E-state index contributed by atoms with van der Waals surface area (Å²) in [5.41, 5.74) is 1.96. The molecule has 0 unspecified atom stereocenters. The van der Waals surface area contributed by atoms with Crippen LogP contribution in [0.4, 0.5) is 32.0 Å². The number of methoxy groups -OCH3 is 1. The molecule has 208 valence electrons. The normalized spacial score (nSPS) is 19.0. The van der Waals surface area contributed by atoms with Gasteiger partial charge < -0.3 is 19.8 Å². The van der Waals surface area contributed by atoms with E-state index in [0.29, 0.717) is 12.3 Å². The molecule has 2 aromatic heterocycles. The second-order valence-corrected chi connectivity index (χ2v) is 7.85. The first kappa shape index (κ1) is 30.3. The summed E-state index contributed by atoms with van der Waals surface area (Å²) < 4.78 is 68.8. The second kappa shape index (κ2) is 12.5. The van der Waals surface area contributed by atoms with E-state index >= 15 is 0 Å². The van der Waals surface area contributed by atoms with Crippen molar-refractivity contribution >= 4 is 23.5 Å². The van der Waals surface area contributed by atoms with Gasteiger partial charge in [-0.2, -0.15) is 26.3 Å². The van der Waals surface area contributed by atoms with Crippen molar-refractivity contribution in [3.05, 3.63) is 48.4 Å². The van der Waals surface area contributed by atoms with Gasteiger partial charge in [0.25, 0.3) is 0 Å². The summed E-state index contributed by atoms with van der Waals surface area (Å²) >= 11 is 0. The van der Waals surface area contributed by atoms with Gasteiger partial charge in [0.05, 0.1) is 25.0 Å². The molecule has 4 rings (SSSR count). The quantitative estimate of drug-likeness (QED) is 0.549. The molecule has 1 amide bonds. The highest BCUT2D eigenvalue weighted by Gasteiger charge is 2.47. The van der Waals surface area contributed by atoms with Gasteiger partial charge in [-0.25, -0.2) is 14.6 Å².